The Balaban J connectivity index is 1.46. The van der Waals surface area contributed by atoms with Crippen molar-refractivity contribution < 1.29 is 9.21 Å². The molecule has 0 saturated heterocycles. The van der Waals surface area contributed by atoms with Crippen LogP contribution in [0.3, 0.4) is 0 Å². The van der Waals surface area contributed by atoms with E-state index < -0.39 is 5.25 Å². The second-order valence-electron chi connectivity index (χ2n) is 7.33. The number of rotatable bonds is 6. The molecule has 4 aromatic rings. The molecule has 1 heterocycles. The summed E-state index contributed by atoms with van der Waals surface area (Å²) in [7, 11) is 0. The van der Waals surface area contributed by atoms with E-state index in [1.807, 2.05) is 86.6 Å². The minimum absolute atomic E-state index is 0.126. The quantitative estimate of drug-likeness (QED) is 0.373. The van der Waals surface area contributed by atoms with Gasteiger partial charge in [-0.3, -0.25) is 4.79 Å². The SMILES string of the molecule is Cc1ccc(-c2nnc(S[C@@H](C)C(=O)Nc3ccccc3-c3ccccc3)o2)cc1C. The Morgan fingerprint density at radius 1 is 0.903 bits per heavy atom. The van der Waals surface area contributed by atoms with Crippen molar-refractivity contribution in [2.24, 2.45) is 0 Å². The molecule has 0 radical (unpaired) electrons. The van der Waals surface area contributed by atoms with Crippen LogP contribution in [0.4, 0.5) is 5.69 Å². The van der Waals surface area contributed by atoms with E-state index in [0.717, 1.165) is 27.9 Å². The lowest BCUT2D eigenvalue weighted by atomic mass is 10.0. The Hall–Kier alpha value is -3.38. The van der Waals surface area contributed by atoms with E-state index in [4.69, 9.17) is 4.42 Å². The number of anilines is 1. The largest absolute Gasteiger partial charge is 0.411 e. The highest BCUT2D eigenvalue weighted by molar-refractivity contribution is 8.00. The lowest BCUT2D eigenvalue weighted by Crippen LogP contribution is -2.22. The van der Waals surface area contributed by atoms with Gasteiger partial charge in [0.2, 0.25) is 11.8 Å². The van der Waals surface area contributed by atoms with Crippen molar-refractivity contribution in [2.45, 2.75) is 31.2 Å². The van der Waals surface area contributed by atoms with Crippen molar-refractivity contribution in [3.05, 3.63) is 83.9 Å². The number of nitrogens with zero attached hydrogens (tertiary/aromatic N) is 2. The molecule has 0 saturated carbocycles. The van der Waals surface area contributed by atoms with Gasteiger partial charge in [-0.25, -0.2) is 0 Å². The molecule has 6 heteroatoms. The fourth-order valence-electron chi connectivity index (χ4n) is 3.15. The molecule has 0 fully saturated rings. The van der Waals surface area contributed by atoms with Gasteiger partial charge in [-0.1, -0.05) is 66.4 Å². The van der Waals surface area contributed by atoms with Gasteiger partial charge < -0.3 is 9.73 Å². The molecule has 156 valence electrons. The van der Waals surface area contributed by atoms with Crippen LogP contribution in [0, 0.1) is 13.8 Å². The Kier molecular flexibility index (Phi) is 6.18. The average Bonchev–Trinajstić information content (AvgIpc) is 3.25. The van der Waals surface area contributed by atoms with Crippen LogP contribution in [0.25, 0.3) is 22.6 Å². The zero-order chi connectivity index (χ0) is 21.8. The van der Waals surface area contributed by atoms with Crippen LogP contribution in [0.2, 0.25) is 0 Å². The number of benzene rings is 3. The van der Waals surface area contributed by atoms with Crippen LogP contribution in [0.5, 0.6) is 0 Å². The second kappa shape index (κ2) is 9.18. The number of aryl methyl sites for hydroxylation is 2. The molecule has 1 N–H and O–H groups in total. The van der Waals surface area contributed by atoms with Crippen molar-refractivity contribution in [3.8, 4) is 22.6 Å². The number of amides is 1. The molecule has 0 aliphatic heterocycles. The Bertz CT molecular complexity index is 1200. The number of carbonyl (C=O) groups excluding carboxylic acids is 1. The molecule has 0 aliphatic carbocycles. The lowest BCUT2D eigenvalue weighted by molar-refractivity contribution is -0.115. The highest BCUT2D eigenvalue weighted by atomic mass is 32.2. The zero-order valence-electron chi connectivity index (χ0n) is 17.6. The fraction of sp³-hybridized carbons (Fsp3) is 0.160. The number of thioether (sulfide) groups is 1. The Morgan fingerprint density at radius 2 is 1.65 bits per heavy atom. The Labute approximate surface area is 185 Å². The van der Waals surface area contributed by atoms with Gasteiger partial charge in [0.05, 0.1) is 5.25 Å². The first-order valence-corrected chi connectivity index (χ1v) is 10.9. The van der Waals surface area contributed by atoms with Gasteiger partial charge in [0, 0.05) is 16.8 Å². The summed E-state index contributed by atoms with van der Waals surface area (Å²) in [5, 5.41) is 11.2. The predicted octanol–water partition coefficient (Wildman–Crippen LogP) is 6.14. The normalized spacial score (nSPS) is 11.8. The van der Waals surface area contributed by atoms with E-state index in [1.165, 1.54) is 17.3 Å². The summed E-state index contributed by atoms with van der Waals surface area (Å²) in [6.07, 6.45) is 0. The van der Waals surface area contributed by atoms with Gasteiger partial charge in [0.1, 0.15) is 0 Å². The fourth-order valence-corrected chi connectivity index (χ4v) is 3.83. The molecule has 1 aromatic heterocycles. The predicted molar refractivity (Wildman–Crippen MR) is 125 cm³/mol. The first-order valence-electron chi connectivity index (χ1n) is 10.0. The van der Waals surface area contributed by atoms with Gasteiger partial charge in [-0.15, -0.1) is 10.2 Å². The maximum absolute atomic E-state index is 12.8. The van der Waals surface area contributed by atoms with Crippen LogP contribution < -0.4 is 5.32 Å². The van der Waals surface area contributed by atoms with E-state index in [-0.39, 0.29) is 5.91 Å². The number of para-hydroxylation sites is 1. The summed E-state index contributed by atoms with van der Waals surface area (Å²) in [6, 6.07) is 23.8. The molecule has 0 spiro atoms. The van der Waals surface area contributed by atoms with Gasteiger partial charge in [-0.05, 0) is 55.7 Å². The van der Waals surface area contributed by atoms with Crippen molar-refractivity contribution in [3.63, 3.8) is 0 Å². The van der Waals surface area contributed by atoms with Gasteiger partial charge in [0.25, 0.3) is 5.22 Å². The molecule has 5 nitrogen and oxygen atoms in total. The number of carbonyl (C=O) groups is 1. The average molecular weight is 430 g/mol. The van der Waals surface area contributed by atoms with E-state index in [9.17, 15) is 4.79 Å². The first kappa shape index (κ1) is 20.9. The summed E-state index contributed by atoms with van der Waals surface area (Å²) in [5.74, 6) is 0.326. The number of hydrogen-bond donors (Lipinski definition) is 1. The van der Waals surface area contributed by atoms with Crippen LogP contribution in [0.15, 0.2) is 82.4 Å². The monoisotopic (exact) mass is 429 g/mol. The first-order chi connectivity index (χ1) is 15.0. The van der Waals surface area contributed by atoms with E-state index in [0.29, 0.717) is 11.1 Å². The van der Waals surface area contributed by atoms with E-state index >= 15 is 0 Å². The van der Waals surface area contributed by atoms with Gasteiger partial charge in [-0.2, -0.15) is 0 Å². The molecule has 1 amide bonds. The number of aromatic nitrogens is 2. The molecule has 0 bridgehead atoms. The highest BCUT2D eigenvalue weighted by Crippen LogP contribution is 2.30. The van der Waals surface area contributed by atoms with Crippen LogP contribution in [-0.4, -0.2) is 21.4 Å². The Morgan fingerprint density at radius 3 is 2.42 bits per heavy atom. The van der Waals surface area contributed by atoms with Crippen LogP contribution in [0.1, 0.15) is 18.1 Å². The van der Waals surface area contributed by atoms with Crippen LogP contribution >= 0.6 is 11.8 Å². The molecular formula is C25H23N3O2S. The van der Waals surface area contributed by atoms with E-state index in [2.05, 4.69) is 22.4 Å². The maximum atomic E-state index is 12.8. The molecule has 4 rings (SSSR count). The number of nitrogens with one attached hydrogen (secondary N) is 1. The molecule has 31 heavy (non-hydrogen) atoms. The van der Waals surface area contributed by atoms with Crippen molar-refractivity contribution in [1.82, 2.24) is 10.2 Å². The van der Waals surface area contributed by atoms with Crippen molar-refractivity contribution in [1.29, 1.82) is 0 Å². The van der Waals surface area contributed by atoms with Crippen molar-refractivity contribution in [2.75, 3.05) is 5.32 Å². The minimum Gasteiger partial charge on any atom is -0.411 e. The van der Waals surface area contributed by atoms with E-state index in [1.54, 1.807) is 0 Å². The standard InChI is InChI=1S/C25H23N3O2S/c1-16-13-14-20(15-17(16)2)24-27-28-25(30-24)31-18(3)23(29)26-22-12-8-7-11-21(22)19-9-5-4-6-10-19/h4-15,18H,1-3H3,(H,26,29)/t18-/m0/s1. The highest BCUT2D eigenvalue weighted by Gasteiger charge is 2.20. The van der Waals surface area contributed by atoms with Gasteiger partial charge in [0.15, 0.2) is 0 Å². The summed E-state index contributed by atoms with van der Waals surface area (Å²) < 4.78 is 5.79. The lowest BCUT2D eigenvalue weighted by Gasteiger charge is -2.14. The summed E-state index contributed by atoms with van der Waals surface area (Å²) in [4.78, 5) is 12.8. The van der Waals surface area contributed by atoms with Crippen molar-refractivity contribution >= 4 is 23.4 Å². The molecule has 1 atom stereocenters. The molecule has 0 aliphatic rings. The smallest absolute Gasteiger partial charge is 0.277 e. The van der Waals surface area contributed by atoms with Gasteiger partial charge >= 0.3 is 0 Å². The summed E-state index contributed by atoms with van der Waals surface area (Å²) >= 11 is 1.24. The summed E-state index contributed by atoms with van der Waals surface area (Å²) in [6.45, 7) is 5.93. The third-order valence-electron chi connectivity index (χ3n) is 5.08. The zero-order valence-corrected chi connectivity index (χ0v) is 18.4. The topological polar surface area (TPSA) is 68.0 Å². The number of hydrogen-bond acceptors (Lipinski definition) is 5. The molecular weight excluding hydrogens is 406 g/mol. The maximum Gasteiger partial charge on any atom is 0.277 e. The third-order valence-corrected chi connectivity index (χ3v) is 6.01. The second-order valence-corrected chi connectivity index (χ2v) is 8.63. The third kappa shape index (κ3) is 4.86. The minimum atomic E-state index is -0.406. The molecule has 3 aromatic carbocycles. The summed E-state index contributed by atoms with van der Waals surface area (Å²) in [5.41, 5.74) is 6.04. The van der Waals surface area contributed by atoms with Crippen LogP contribution in [-0.2, 0) is 4.79 Å². The molecule has 0 unspecified atom stereocenters.